The Morgan fingerprint density at radius 3 is 1.89 bits per heavy atom. The highest BCUT2D eigenvalue weighted by Gasteiger charge is 2.19. The summed E-state index contributed by atoms with van der Waals surface area (Å²) in [6, 6.07) is 0. The van der Waals surface area contributed by atoms with Crippen molar-refractivity contribution < 1.29 is 0 Å². The second kappa shape index (κ2) is 10.9. The molecule has 0 rings (SSSR count). The van der Waals surface area contributed by atoms with Gasteiger partial charge in [-0.2, -0.15) is 0 Å². The summed E-state index contributed by atoms with van der Waals surface area (Å²) >= 11 is 0. The second-order valence-electron chi connectivity index (χ2n) is 6.98. The lowest BCUT2D eigenvalue weighted by atomic mass is 9.79. The Kier molecular flexibility index (Phi) is 10.9. The zero-order chi connectivity index (χ0) is 14.0. The average Bonchev–Trinajstić information content (AvgIpc) is 2.32. The molecule has 0 radical (unpaired) electrons. The fraction of sp³-hybridized carbons (Fsp3) is 1.00. The Balaban J connectivity index is 4.07. The summed E-state index contributed by atoms with van der Waals surface area (Å²) in [7, 11) is 0. The Bertz CT molecular complexity index is 171. The molecule has 0 saturated carbocycles. The van der Waals surface area contributed by atoms with E-state index in [1.807, 2.05) is 0 Å². The van der Waals surface area contributed by atoms with Crippen LogP contribution in [-0.2, 0) is 0 Å². The van der Waals surface area contributed by atoms with Gasteiger partial charge in [-0.15, -0.1) is 0 Å². The smallest absolute Gasteiger partial charge is 0.0386 e. The summed E-state index contributed by atoms with van der Waals surface area (Å²) in [5, 5.41) is 0. The van der Waals surface area contributed by atoms with Crippen LogP contribution in [0.25, 0.3) is 0 Å². The summed E-state index contributed by atoms with van der Waals surface area (Å²) in [5.41, 5.74) is 0. The van der Waals surface area contributed by atoms with Crippen LogP contribution >= 0.6 is 0 Å². The molecule has 0 aromatic carbocycles. The molecule has 0 heteroatoms. The van der Waals surface area contributed by atoms with Gasteiger partial charge in [0, 0.05) is 0 Å². The lowest BCUT2D eigenvalue weighted by molar-refractivity contribution is 0.245. The average molecular weight is 255 g/mol. The van der Waals surface area contributed by atoms with E-state index in [-0.39, 0.29) is 0 Å². The van der Waals surface area contributed by atoms with Gasteiger partial charge in [-0.25, -0.2) is 0 Å². The largest absolute Gasteiger partial charge is 0.0654 e. The third kappa shape index (κ3) is 9.00. The topological polar surface area (TPSA) is 0 Å². The van der Waals surface area contributed by atoms with Crippen molar-refractivity contribution in [2.24, 2.45) is 23.7 Å². The molecule has 0 aliphatic rings. The number of hydrogen-bond acceptors (Lipinski definition) is 0. The first-order chi connectivity index (χ1) is 8.51. The zero-order valence-electron chi connectivity index (χ0n) is 14.0. The lowest BCUT2D eigenvalue weighted by Gasteiger charge is -2.27. The van der Waals surface area contributed by atoms with Crippen LogP contribution in [-0.4, -0.2) is 0 Å². The molecule has 3 atom stereocenters. The molecule has 0 heterocycles. The van der Waals surface area contributed by atoms with E-state index in [4.69, 9.17) is 0 Å². The zero-order valence-corrected chi connectivity index (χ0v) is 14.0. The predicted molar refractivity (Wildman–Crippen MR) is 84.9 cm³/mol. The predicted octanol–water partition coefficient (Wildman–Crippen LogP) is 6.69. The van der Waals surface area contributed by atoms with Crippen molar-refractivity contribution in [1.29, 1.82) is 0 Å². The van der Waals surface area contributed by atoms with Gasteiger partial charge in [-0.1, -0.05) is 86.5 Å². The highest BCUT2D eigenvalue weighted by molar-refractivity contribution is 4.70. The first-order valence-corrected chi connectivity index (χ1v) is 8.51. The van der Waals surface area contributed by atoms with Crippen LogP contribution in [0.4, 0.5) is 0 Å². The van der Waals surface area contributed by atoms with Crippen molar-refractivity contribution in [1.82, 2.24) is 0 Å². The summed E-state index contributed by atoms with van der Waals surface area (Å²) in [6.07, 6.45) is 11.3. The lowest BCUT2D eigenvalue weighted by Crippen LogP contribution is -2.15. The van der Waals surface area contributed by atoms with Gasteiger partial charge in [0.2, 0.25) is 0 Å². The van der Waals surface area contributed by atoms with Crippen molar-refractivity contribution in [2.75, 3.05) is 0 Å². The molecular weight excluding hydrogens is 216 g/mol. The van der Waals surface area contributed by atoms with Crippen LogP contribution in [0, 0.1) is 23.7 Å². The van der Waals surface area contributed by atoms with E-state index in [1.165, 1.54) is 51.4 Å². The maximum absolute atomic E-state index is 2.49. The Morgan fingerprint density at radius 2 is 1.39 bits per heavy atom. The molecule has 0 nitrogen and oxygen atoms in total. The van der Waals surface area contributed by atoms with Crippen LogP contribution < -0.4 is 0 Å². The van der Waals surface area contributed by atoms with Gasteiger partial charge in [0.15, 0.2) is 0 Å². The van der Waals surface area contributed by atoms with Crippen molar-refractivity contribution in [2.45, 2.75) is 92.9 Å². The molecule has 0 fully saturated rings. The van der Waals surface area contributed by atoms with Crippen LogP contribution in [0.5, 0.6) is 0 Å². The fourth-order valence-corrected chi connectivity index (χ4v) is 3.02. The van der Waals surface area contributed by atoms with Crippen molar-refractivity contribution in [3.05, 3.63) is 0 Å². The maximum atomic E-state index is 2.49. The minimum absolute atomic E-state index is 0.870. The summed E-state index contributed by atoms with van der Waals surface area (Å²) in [4.78, 5) is 0. The Morgan fingerprint density at radius 1 is 0.722 bits per heavy atom. The van der Waals surface area contributed by atoms with Crippen molar-refractivity contribution in [3.63, 3.8) is 0 Å². The number of hydrogen-bond donors (Lipinski definition) is 0. The Labute approximate surface area is 117 Å². The number of rotatable bonds is 11. The minimum atomic E-state index is 0.870. The van der Waals surface area contributed by atoms with Gasteiger partial charge in [0.05, 0.1) is 0 Å². The standard InChI is InChI=1S/C18H38/c1-7-9-11-17(6)18(10-8-2)14-16(5)13-12-15(3)4/h15-18H,7-14H2,1-6H3. The number of unbranched alkanes of at least 4 members (excludes halogenated alkanes) is 1. The molecule has 3 unspecified atom stereocenters. The van der Waals surface area contributed by atoms with Gasteiger partial charge in [0.25, 0.3) is 0 Å². The molecule has 0 aliphatic carbocycles. The quantitative estimate of drug-likeness (QED) is 0.385. The van der Waals surface area contributed by atoms with Crippen LogP contribution in [0.2, 0.25) is 0 Å². The van der Waals surface area contributed by atoms with Crippen LogP contribution in [0.15, 0.2) is 0 Å². The van der Waals surface area contributed by atoms with Gasteiger partial charge >= 0.3 is 0 Å². The molecule has 0 bridgehead atoms. The van der Waals surface area contributed by atoms with E-state index in [2.05, 4.69) is 41.5 Å². The third-order valence-electron chi connectivity index (χ3n) is 4.42. The molecule has 0 amide bonds. The van der Waals surface area contributed by atoms with E-state index in [9.17, 15) is 0 Å². The molecular formula is C18H38. The highest BCUT2D eigenvalue weighted by atomic mass is 14.2. The normalized spacial score (nSPS) is 16.8. The van der Waals surface area contributed by atoms with E-state index in [1.54, 1.807) is 0 Å². The van der Waals surface area contributed by atoms with Gasteiger partial charge in [0.1, 0.15) is 0 Å². The molecule has 18 heavy (non-hydrogen) atoms. The molecule has 0 N–H and O–H groups in total. The molecule has 0 aromatic heterocycles. The van der Waals surface area contributed by atoms with E-state index in [0.717, 1.165) is 23.7 Å². The summed E-state index contributed by atoms with van der Waals surface area (Å²) < 4.78 is 0. The van der Waals surface area contributed by atoms with Gasteiger partial charge < -0.3 is 0 Å². The maximum Gasteiger partial charge on any atom is -0.0386 e. The van der Waals surface area contributed by atoms with E-state index >= 15 is 0 Å². The van der Waals surface area contributed by atoms with Crippen molar-refractivity contribution >= 4 is 0 Å². The monoisotopic (exact) mass is 254 g/mol. The third-order valence-corrected chi connectivity index (χ3v) is 4.42. The summed E-state index contributed by atoms with van der Waals surface area (Å²) in [6.45, 7) is 14.3. The Hall–Kier alpha value is 0. The molecule has 0 saturated heterocycles. The van der Waals surface area contributed by atoms with E-state index in [0.29, 0.717) is 0 Å². The van der Waals surface area contributed by atoms with Gasteiger partial charge in [-0.05, 0) is 30.1 Å². The molecule has 0 spiro atoms. The molecule has 0 aliphatic heterocycles. The van der Waals surface area contributed by atoms with Crippen molar-refractivity contribution in [3.8, 4) is 0 Å². The van der Waals surface area contributed by atoms with Crippen LogP contribution in [0.3, 0.4) is 0 Å². The SMILES string of the molecule is CCCCC(C)C(CCC)CC(C)CCC(C)C. The fourth-order valence-electron chi connectivity index (χ4n) is 3.02. The first kappa shape index (κ1) is 18.0. The van der Waals surface area contributed by atoms with Gasteiger partial charge in [-0.3, -0.25) is 0 Å². The molecule has 110 valence electrons. The highest BCUT2D eigenvalue weighted by Crippen LogP contribution is 2.30. The first-order valence-electron chi connectivity index (χ1n) is 8.51. The van der Waals surface area contributed by atoms with E-state index < -0.39 is 0 Å². The second-order valence-corrected chi connectivity index (χ2v) is 6.98. The summed E-state index contributed by atoms with van der Waals surface area (Å²) in [5.74, 6) is 3.71. The molecule has 0 aromatic rings. The van der Waals surface area contributed by atoms with Crippen LogP contribution in [0.1, 0.15) is 92.9 Å². The minimum Gasteiger partial charge on any atom is -0.0654 e.